The van der Waals surface area contributed by atoms with Crippen LogP contribution in [0.5, 0.6) is 0 Å². The summed E-state index contributed by atoms with van der Waals surface area (Å²) in [5, 5.41) is 0. The van der Waals surface area contributed by atoms with E-state index in [1.54, 1.807) is 0 Å². The molecule has 0 aliphatic heterocycles. The zero-order chi connectivity index (χ0) is 11.3. The van der Waals surface area contributed by atoms with E-state index in [2.05, 4.69) is 36.7 Å². The van der Waals surface area contributed by atoms with Crippen LogP contribution < -0.4 is 0 Å². The maximum absolute atomic E-state index is 3.90. The third-order valence-corrected chi connectivity index (χ3v) is 5.57. The van der Waals surface area contributed by atoms with E-state index in [-0.39, 0.29) is 0 Å². The van der Waals surface area contributed by atoms with Crippen LogP contribution in [0.15, 0.2) is 0 Å². The maximum Gasteiger partial charge on any atom is 0.0174 e. The van der Waals surface area contributed by atoms with Crippen molar-refractivity contribution in [2.24, 2.45) is 17.8 Å². The molecule has 1 heteroatoms. The van der Waals surface area contributed by atoms with Crippen LogP contribution in [-0.4, -0.2) is 4.83 Å². The summed E-state index contributed by atoms with van der Waals surface area (Å²) >= 11 is 3.90. The fraction of sp³-hybridized carbons (Fsp3) is 1.00. The fourth-order valence-corrected chi connectivity index (χ4v) is 3.69. The minimum atomic E-state index is 0.806. The van der Waals surface area contributed by atoms with Gasteiger partial charge >= 0.3 is 0 Å². The Hall–Kier alpha value is 0.480. The summed E-state index contributed by atoms with van der Waals surface area (Å²) in [6.07, 6.45) is 9.91. The highest BCUT2D eigenvalue weighted by molar-refractivity contribution is 9.09. The first kappa shape index (κ1) is 13.5. The average molecular weight is 275 g/mol. The SMILES string of the molecule is CCC(CC)CC1CC(CC)CCC1Br. The highest BCUT2D eigenvalue weighted by atomic mass is 79.9. The van der Waals surface area contributed by atoms with Crippen molar-refractivity contribution >= 4 is 15.9 Å². The summed E-state index contributed by atoms with van der Waals surface area (Å²) < 4.78 is 0. The van der Waals surface area contributed by atoms with Crippen LogP contribution in [0.4, 0.5) is 0 Å². The van der Waals surface area contributed by atoms with Crippen LogP contribution in [0, 0.1) is 17.8 Å². The molecule has 0 aromatic heterocycles. The van der Waals surface area contributed by atoms with E-state index in [0.29, 0.717) is 0 Å². The lowest BCUT2D eigenvalue weighted by atomic mass is 9.75. The van der Waals surface area contributed by atoms with E-state index in [1.807, 2.05) is 0 Å². The van der Waals surface area contributed by atoms with Crippen molar-refractivity contribution in [2.45, 2.75) is 70.5 Å². The molecule has 90 valence electrons. The predicted molar refractivity (Wildman–Crippen MR) is 72.5 cm³/mol. The van der Waals surface area contributed by atoms with Crippen LogP contribution in [0.1, 0.15) is 65.7 Å². The second kappa shape index (κ2) is 6.93. The molecule has 1 fully saturated rings. The van der Waals surface area contributed by atoms with Gasteiger partial charge in [-0.1, -0.05) is 56.0 Å². The van der Waals surface area contributed by atoms with Crippen molar-refractivity contribution in [3.63, 3.8) is 0 Å². The summed E-state index contributed by atoms with van der Waals surface area (Å²) in [5.41, 5.74) is 0. The highest BCUT2D eigenvalue weighted by Crippen LogP contribution is 2.39. The minimum absolute atomic E-state index is 0.806. The van der Waals surface area contributed by atoms with Crippen LogP contribution >= 0.6 is 15.9 Å². The summed E-state index contributed by atoms with van der Waals surface area (Å²) in [5.74, 6) is 2.93. The molecule has 0 bridgehead atoms. The zero-order valence-corrected chi connectivity index (χ0v) is 12.2. The Kier molecular flexibility index (Phi) is 6.26. The molecule has 0 aromatic carbocycles. The first-order valence-electron chi connectivity index (χ1n) is 6.85. The van der Waals surface area contributed by atoms with Crippen LogP contribution in [-0.2, 0) is 0 Å². The number of alkyl halides is 1. The Morgan fingerprint density at radius 2 is 1.80 bits per heavy atom. The number of hydrogen-bond acceptors (Lipinski definition) is 0. The van der Waals surface area contributed by atoms with Crippen LogP contribution in [0.3, 0.4) is 0 Å². The monoisotopic (exact) mass is 274 g/mol. The van der Waals surface area contributed by atoms with Gasteiger partial charge in [0.15, 0.2) is 0 Å². The van der Waals surface area contributed by atoms with Crippen LogP contribution in [0.2, 0.25) is 0 Å². The fourth-order valence-electron chi connectivity index (χ4n) is 2.99. The van der Waals surface area contributed by atoms with Gasteiger partial charge in [0, 0.05) is 4.83 Å². The zero-order valence-electron chi connectivity index (χ0n) is 10.6. The summed E-state index contributed by atoms with van der Waals surface area (Å²) in [6.45, 7) is 7.04. The minimum Gasteiger partial charge on any atom is -0.0888 e. The third kappa shape index (κ3) is 4.09. The first-order valence-corrected chi connectivity index (χ1v) is 7.76. The summed E-state index contributed by atoms with van der Waals surface area (Å²) in [7, 11) is 0. The van der Waals surface area contributed by atoms with Crippen molar-refractivity contribution in [1.29, 1.82) is 0 Å². The Morgan fingerprint density at radius 1 is 1.13 bits per heavy atom. The quantitative estimate of drug-likeness (QED) is 0.589. The largest absolute Gasteiger partial charge is 0.0888 e. The van der Waals surface area contributed by atoms with Crippen molar-refractivity contribution in [2.75, 3.05) is 0 Å². The predicted octanol–water partition coefficient (Wildman–Crippen LogP) is 5.40. The molecule has 1 saturated carbocycles. The van der Waals surface area contributed by atoms with E-state index in [1.165, 1.54) is 44.9 Å². The molecule has 0 N–H and O–H groups in total. The van der Waals surface area contributed by atoms with E-state index in [9.17, 15) is 0 Å². The lowest BCUT2D eigenvalue weighted by molar-refractivity contribution is 0.228. The Balaban J connectivity index is 2.43. The molecule has 3 unspecified atom stereocenters. The van der Waals surface area contributed by atoms with Gasteiger partial charge in [-0.3, -0.25) is 0 Å². The lowest BCUT2D eigenvalue weighted by Crippen LogP contribution is -2.26. The molecule has 0 radical (unpaired) electrons. The lowest BCUT2D eigenvalue weighted by Gasteiger charge is -2.34. The molecule has 15 heavy (non-hydrogen) atoms. The van der Waals surface area contributed by atoms with E-state index in [4.69, 9.17) is 0 Å². The number of rotatable bonds is 5. The molecule has 0 heterocycles. The van der Waals surface area contributed by atoms with Crippen molar-refractivity contribution in [1.82, 2.24) is 0 Å². The van der Waals surface area contributed by atoms with Crippen LogP contribution in [0.25, 0.3) is 0 Å². The smallest absolute Gasteiger partial charge is 0.0174 e. The molecule has 0 nitrogen and oxygen atoms in total. The molecule has 0 aromatic rings. The van der Waals surface area contributed by atoms with E-state index in [0.717, 1.165) is 22.6 Å². The van der Waals surface area contributed by atoms with Gasteiger partial charge in [-0.25, -0.2) is 0 Å². The summed E-state index contributed by atoms with van der Waals surface area (Å²) in [6, 6.07) is 0. The van der Waals surface area contributed by atoms with Crippen molar-refractivity contribution in [3.05, 3.63) is 0 Å². The topological polar surface area (TPSA) is 0 Å². The standard InChI is InChI=1S/C14H27Br/c1-4-11(5-2)9-13-10-12(6-3)7-8-14(13)15/h11-14H,4-10H2,1-3H3. The molecule has 3 atom stereocenters. The van der Waals surface area contributed by atoms with Gasteiger partial charge in [0.25, 0.3) is 0 Å². The van der Waals surface area contributed by atoms with E-state index < -0.39 is 0 Å². The van der Waals surface area contributed by atoms with Crippen molar-refractivity contribution < 1.29 is 0 Å². The Labute approximate surface area is 104 Å². The highest BCUT2D eigenvalue weighted by Gasteiger charge is 2.29. The second-order valence-corrected chi connectivity index (χ2v) is 6.46. The molecule has 0 spiro atoms. The molecule has 1 aliphatic rings. The van der Waals surface area contributed by atoms with Gasteiger partial charge in [-0.15, -0.1) is 0 Å². The third-order valence-electron chi connectivity index (χ3n) is 4.37. The molecule has 0 saturated heterocycles. The molecule has 0 amide bonds. The van der Waals surface area contributed by atoms with Gasteiger partial charge in [-0.2, -0.15) is 0 Å². The molecule has 1 aliphatic carbocycles. The van der Waals surface area contributed by atoms with Gasteiger partial charge in [0.05, 0.1) is 0 Å². The Morgan fingerprint density at radius 3 is 2.33 bits per heavy atom. The molecule has 1 rings (SSSR count). The van der Waals surface area contributed by atoms with Gasteiger partial charge in [0.2, 0.25) is 0 Å². The van der Waals surface area contributed by atoms with E-state index >= 15 is 0 Å². The summed E-state index contributed by atoms with van der Waals surface area (Å²) in [4.78, 5) is 0.806. The second-order valence-electron chi connectivity index (χ2n) is 5.28. The number of halogens is 1. The average Bonchev–Trinajstić information content (AvgIpc) is 2.28. The maximum atomic E-state index is 3.90. The van der Waals surface area contributed by atoms with Gasteiger partial charge < -0.3 is 0 Å². The van der Waals surface area contributed by atoms with Crippen molar-refractivity contribution in [3.8, 4) is 0 Å². The van der Waals surface area contributed by atoms with Gasteiger partial charge in [0.1, 0.15) is 0 Å². The normalized spacial score (nSPS) is 32.2. The van der Waals surface area contributed by atoms with Gasteiger partial charge in [-0.05, 0) is 43.4 Å². The number of hydrogen-bond donors (Lipinski definition) is 0. The Bertz CT molecular complexity index is 163. The first-order chi connectivity index (χ1) is 7.21. The molecular weight excluding hydrogens is 248 g/mol. The molecular formula is C14H27Br.